The van der Waals surface area contributed by atoms with E-state index in [1.807, 2.05) is 30.3 Å². The van der Waals surface area contributed by atoms with Crippen LogP contribution in [0.4, 0.5) is 0 Å². The fraction of sp³-hybridized carbons (Fsp3) is 0.250. The van der Waals surface area contributed by atoms with Crippen LogP contribution in [0.25, 0.3) is 0 Å². The Kier molecular flexibility index (Phi) is 6.28. The van der Waals surface area contributed by atoms with Crippen LogP contribution in [0.3, 0.4) is 0 Å². The van der Waals surface area contributed by atoms with Gasteiger partial charge in [0.2, 0.25) is 11.8 Å². The fourth-order valence-electron chi connectivity index (χ4n) is 2.81. The van der Waals surface area contributed by atoms with Crippen LogP contribution in [-0.4, -0.2) is 41.0 Å². The number of carbonyl (C=O) groups is 3. The number of rotatable bonds is 8. The standard InChI is InChI=1S/C20H20ClN3O4/c21-14-8-6-13(7-9-14)11-22-18(25)15(10-12-4-2-1-3-5-12)23-19(26)16-17(24-16)20(27)28/h1-9,15-17,24H,10-11H2,(H,22,25)(H,23,26)(H,27,28)/t15-,16-,17-/m0/s1. The van der Waals surface area contributed by atoms with Gasteiger partial charge in [0.05, 0.1) is 0 Å². The second kappa shape index (κ2) is 8.86. The zero-order chi connectivity index (χ0) is 20.1. The molecule has 0 unspecified atom stereocenters. The molecule has 0 spiro atoms. The van der Waals surface area contributed by atoms with E-state index in [4.69, 9.17) is 16.7 Å². The molecule has 1 fully saturated rings. The Morgan fingerprint density at radius 3 is 2.29 bits per heavy atom. The SMILES string of the molecule is O=C(NCc1ccc(Cl)cc1)[C@H](Cc1ccccc1)NC(=O)[C@H]1N[C@@H]1C(=O)O. The second-order valence-corrected chi connectivity index (χ2v) is 6.99. The Balaban J connectivity index is 1.64. The first kappa shape index (κ1) is 19.9. The molecule has 0 saturated carbocycles. The fourth-order valence-corrected chi connectivity index (χ4v) is 2.94. The normalized spacial score (nSPS) is 18.8. The van der Waals surface area contributed by atoms with Gasteiger partial charge in [-0.3, -0.25) is 19.7 Å². The van der Waals surface area contributed by atoms with Crippen molar-refractivity contribution in [3.8, 4) is 0 Å². The number of amides is 2. The Labute approximate surface area is 167 Å². The molecule has 1 saturated heterocycles. The van der Waals surface area contributed by atoms with Gasteiger partial charge in [0.15, 0.2) is 0 Å². The second-order valence-electron chi connectivity index (χ2n) is 6.56. The van der Waals surface area contributed by atoms with Gasteiger partial charge in [-0.2, -0.15) is 0 Å². The van der Waals surface area contributed by atoms with Crippen molar-refractivity contribution in [3.63, 3.8) is 0 Å². The number of hydrogen-bond donors (Lipinski definition) is 4. The third-order valence-corrected chi connectivity index (χ3v) is 4.68. The average Bonchev–Trinajstić information content (AvgIpc) is 3.49. The molecule has 146 valence electrons. The summed E-state index contributed by atoms with van der Waals surface area (Å²) in [4.78, 5) is 35.9. The van der Waals surface area contributed by atoms with Gasteiger partial charge in [0.25, 0.3) is 0 Å². The smallest absolute Gasteiger partial charge is 0.322 e. The van der Waals surface area contributed by atoms with Crippen LogP contribution in [-0.2, 0) is 27.3 Å². The molecule has 3 rings (SSSR count). The van der Waals surface area contributed by atoms with E-state index in [1.54, 1.807) is 24.3 Å². The maximum absolute atomic E-state index is 12.7. The molecule has 0 bridgehead atoms. The Bertz CT molecular complexity index is 858. The summed E-state index contributed by atoms with van der Waals surface area (Å²) in [6, 6.07) is 13.8. The van der Waals surface area contributed by atoms with Gasteiger partial charge in [0.1, 0.15) is 18.1 Å². The molecule has 1 aliphatic rings. The molecular weight excluding hydrogens is 382 g/mol. The number of carboxylic acids is 1. The predicted octanol–water partition coefficient (Wildman–Crippen LogP) is 1.11. The van der Waals surface area contributed by atoms with Crippen molar-refractivity contribution in [2.24, 2.45) is 0 Å². The lowest BCUT2D eigenvalue weighted by Gasteiger charge is -2.18. The van der Waals surface area contributed by atoms with Crippen LogP contribution in [0.1, 0.15) is 11.1 Å². The molecular formula is C20H20ClN3O4. The van der Waals surface area contributed by atoms with Gasteiger partial charge in [-0.15, -0.1) is 0 Å². The largest absolute Gasteiger partial charge is 0.480 e. The van der Waals surface area contributed by atoms with Gasteiger partial charge >= 0.3 is 5.97 Å². The molecule has 3 atom stereocenters. The molecule has 0 aromatic heterocycles. The van der Waals surface area contributed by atoms with Gasteiger partial charge in [-0.25, -0.2) is 0 Å². The van der Waals surface area contributed by atoms with Gasteiger partial charge in [-0.05, 0) is 23.3 Å². The van der Waals surface area contributed by atoms with Crippen LogP contribution in [0.5, 0.6) is 0 Å². The first-order valence-electron chi connectivity index (χ1n) is 8.79. The summed E-state index contributed by atoms with van der Waals surface area (Å²) in [5, 5.41) is 17.6. The van der Waals surface area contributed by atoms with Gasteiger partial charge in [-0.1, -0.05) is 54.1 Å². The number of hydrogen-bond acceptors (Lipinski definition) is 4. The highest BCUT2D eigenvalue weighted by Crippen LogP contribution is 2.13. The summed E-state index contributed by atoms with van der Waals surface area (Å²) >= 11 is 5.86. The zero-order valence-electron chi connectivity index (χ0n) is 14.9. The van der Waals surface area contributed by atoms with Crippen molar-refractivity contribution in [2.45, 2.75) is 31.1 Å². The lowest BCUT2D eigenvalue weighted by molar-refractivity contribution is -0.137. The van der Waals surface area contributed by atoms with Crippen LogP contribution < -0.4 is 16.0 Å². The molecule has 7 nitrogen and oxygen atoms in total. The molecule has 2 amide bonds. The maximum Gasteiger partial charge on any atom is 0.322 e. The predicted molar refractivity (Wildman–Crippen MR) is 104 cm³/mol. The highest BCUT2D eigenvalue weighted by atomic mass is 35.5. The molecule has 2 aromatic rings. The Morgan fingerprint density at radius 2 is 1.68 bits per heavy atom. The lowest BCUT2D eigenvalue weighted by Crippen LogP contribution is -2.49. The highest BCUT2D eigenvalue weighted by Gasteiger charge is 2.48. The summed E-state index contributed by atoms with van der Waals surface area (Å²) in [6.07, 6.45) is 0.295. The van der Waals surface area contributed by atoms with Crippen molar-refractivity contribution in [3.05, 3.63) is 70.7 Å². The summed E-state index contributed by atoms with van der Waals surface area (Å²) in [7, 11) is 0. The summed E-state index contributed by atoms with van der Waals surface area (Å²) in [5.41, 5.74) is 1.75. The van der Waals surface area contributed by atoms with E-state index < -0.39 is 30.0 Å². The number of carbonyl (C=O) groups excluding carboxylic acids is 2. The molecule has 0 radical (unpaired) electrons. The van der Waals surface area contributed by atoms with Crippen LogP contribution in [0, 0.1) is 0 Å². The molecule has 1 aliphatic heterocycles. The quantitative estimate of drug-likeness (QED) is 0.494. The Morgan fingerprint density at radius 1 is 1.00 bits per heavy atom. The molecule has 4 N–H and O–H groups in total. The number of nitrogens with one attached hydrogen (secondary N) is 3. The average molecular weight is 402 g/mol. The third kappa shape index (κ3) is 5.31. The van der Waals surface area contributed by atoms with Crippen molar-refractivity contribution in [2.75, 3.05) is 0 Å². The van der Waals surface area contributed by atoms with Gasteiger partial charge in [0, 0.05) is 18.0 Å². The first-order chi connectivity index (χ1) is 13.4. The summed E-state index contributed by atoms with van der Waals surface area (Å²) in [6.45, 7) is 0.288. The molecule has 2 aromatic carbocycles. The molecule has 1 heterocycles. The minimum Gasteiger partial charge on any atom is -0.480 e. The van der Waals surface area contributed by atoms with Gasteiger partial charge < -0.3 is 15.7 Å². The van der Waals surface area contributed by atoms with E-state index in [9.17, 15) is 14.4 Å². The van der Waals surface area contributed by atoms with Crippen LogP contribution >= 0.6 is 11.6 Å². The monoisotopic (exact) mass is 401 g/mol. The van der Waals surface area contributed by atoms with E-state index >= 15 is 0 Å². The van der Waals surface area contributed by atoms with Crippen molar-refractivity contribution < 1.29 is 19.5 Å². The first-order valence-corrected chi connectivity index (χ1v) is 9.17. The molecule has 0 aliphatic carbocycles. The molecule has 28 heavy (non-hydrogen) atoms. The van der Waals surface area contributed by atoms with Crippen LogP contribution in [0.2, 0.25) is 5.02 Å². The Hall–Kier alpha value is -2.90. The van der Waals surface area contributed by atoms with E-state index in [2.05, 4.69) is 16.0 Å². The zero-order valence-corrected chi connectivity index (χ0v) is 15.6. The third-order valence-electron chi connectivity index (χ3n) is 4.43. The number of benzene rings is 2. The minimum atomic E-state index is -1.09. The van der Waals surface area contributed by atoms with E-state index in [1.165, 1.54) is 0 Å². The van der Waals surface area contributed by atoms with E-state index in [-0.39, 0.29) is 12.5 Å². The number of aliphatic carboxylic acids is 1. The van der Waals surface area contributed by atoms with Crippen LogP contribution in [0.15, 0.2) is 54.6 Å². The number of halogens is 1. The van der Waals surface area contributed by atoms with Crippen molar-refractivity contribution in [1.82, 2.24) is 16.0 Å². The highest BCUT2D eigenvalue weighted by molar-refractivity contribution is 6.30. The topological polar surface area (TPSA) is 117 Å². The number of carboxylic acid groups (broad SMARTS) is 1. The maximum atomic E-state index is 12.7. The van der Waals surface area contributed by atoms with E-state index in [0.29, 0.717) is 11.4 Å². The lowest BCUT2D eigenvalue weighted by atomic mass is 10.0. The summed E-state index contributed by atoms with van der Waals surface area (Å²) < 4.78 is 0. The molecule has 8 heteroatoms. The minimum absolute atomic E-state index is 0.288. The van der Waals surface area contributed by atoms with Crippen molar-refractivity contribution >= 4 is 29.4 Å². The van der Waals surface area contributed by atoms with Crippen molar-refractivity contribution in [1.29, 1.82) is 0 Å². The summed E-state index contributed by atoms with van der Waals surface area (Å²) in [5.74, 6) is -1.94. The van der Waals surface area contributed by atoms with E-state index in [0.717, 1.165) is 11.1 Å².